The van der Waals surface area contributed by atoms with Crippen LogP contribution in [-0.4, -0.2) is 29.7 Å². The van der Waals surface area contributed by atoms with Crippen molar-refractivity contribution in [1.29, 1.82) is 0 Å². The molecule has 0 spiro atoms. The fourth-order valence-corrected chi connectivity index (χ4v) is 3.21. The summed E-state index contributed by atoms with van der Waals surface area (Å²) in [5, 5.41) is 3.27. The molecule has 28 heavy (non-hydrogen) atoms. The van der Waals surface area contributed by atoms with Gasteiger partial charge in [-0.15, -0.1) is 0 Å². The molecule has 2 heterocycles. The average molecular weight is 377 g/mol. The Balaban J connectivity index is 1.65. The van der Waals surface area contributed by atoms with Crippen LogP contribution >= 0.6 is 0 Å². The molecular weight excluding hydrogens is 354 g/mol. The van der Waals surface area contributed by atoms with E-state index in [2.05, 4.69) is 46.2 Å². The van der Waals surface area contributed by atoms with Crippen LogP contribution in [0.4, 0.5) is 28.7 Å². The number of nitrogens with one attached hydrogen (secondary N) is 1. The number of rotatable bonds is 5. The van der Waals surface area contributed by atoms with Crippen molar-refractivity contribution in [3.8, 4) is 11.5 Å². The maximum absolute atomic E-state index is 6.44. The molecule has 1 aliphatic rings. The second-order valence-electron chi connectivity index (χ2n) is 6.53. The number of anilines is 5. The first-order valence-electron chi connectivity index (χ1n) is 9.27. The van der Waals surface area contributed by atoms with E-state index in [1.54, 1.807) is 0 Å². The van der Waals surface area contributed by atoms with Crippen LogP contribution in [0.1, 0.15) is 12.5 Å². The Morgan fingerprint density at radius 1 is 1.07 bits per heavy atom. The van der Waals surface area contributed by atoms with Crippen LogP contribution in [0.3, 0.4) is 0 Å². The lowest BCUT2D eigenvalue weighted by Gasteiger charge is -2.24. The van der Waals surface area contributed by atoms with Crippen LogP contribution in [0.5, 0.6) is 11.5 Å². The lowest BCUT2D eigenvalue weighted by atomic mass is 10.2. The fourth-order valence-electron chi connectivity index (χ4n) is 3.21. The van der Waals surface area contributed by atoms with Gasteiger partial charge in [0.1, 0.15) is 25.2 Å². The summed E-state index contributed by atoms with van der Waals surface area (Å²) in [7, 11) is 0. The predicted molar refractivity (Wildman–Crippen MR) is 111 cm³/mol. The van der Waals surface area contributed by atoms with Crippen molar-refractivity contribution in [2.75, 3.05) is 35.7 Å². The molecule has 0 saturated carbocycles. The van der Waals surface area contributed by atoms with Gasteiger partial charge in [0.05, 0.1) is 0 Å². The van der Waals surface area contributed by atoms with E-state index in [0.717, 1.165) is 23.7 Å². The largest absolute Gasteiger partial charge is 0.486 e. The van der Waals surface area contributed by atoms with E-state index in [-0.39, 0.29) is 0 Å². The third-order valence-electron chi connectivity index (χ3n) is 4.55. The topological polar surface area (TPSA) is 85.5 Å². The number of nitrogens with zero attached hydrogens (tertiary/aromatic N) is 3. The Labute approximate surface area is 164 Å². The summed E-state index contributed by atoms with van der Waals surface area (Å²) in [5.41, 5.74) is 9.96. The molecule has 0 aliphatic carbocycles. The minimum Gasteiger partial charge on any atom is -0.486 e. The number of aryl methyl sites for hydroxylation is 1. The van der Waals surface area contributed by atoms with E-state index in [9.17, 15) is 0 Å². The maximum atomic E-state index is 6.44. The highest BCUT2D eigenvalue weighted by Crippen LogP contribution is 2.36. The quantitative estimate of drug-likeness (QED) is 0.694. The van der Waals surface area contributed by atoms with Gasteiger partial charge >= 0.3 is 0 Å². The number of hydrogen-bond donors (Lipinski definition) is 2. The zero-order valence-electron chi connectivity index (χ0n) is 16.0. The zero-order valence-corrected chi connectivity index (χ0v) is 16.0. The molecule has 1 aromatic heterocycles. The molecular formula is C21H23N5O2. The molecule has 0 radical (unpaired) electrons. The number of benzene rings is 2. The highest BCUT2D eigenvalue weighted by Gasteiger charge is 2.17. The molecule has 0 bridgehead atoms. The molecule has 7 nitrogen and oxygen atoms in total. The van der Waals surface area contributed by atoms with Crippen molar-refractivity contribution in [2.24, 2.45) is 0 Å². The number of ether oxygens (including phenoxy) is 2. The minimum atomic E-state index is 0.487. The normalized spacial score (nSPS) is 12.5. The molecule has 2 aromatic carbocycles. The average Bonchev–Trinajstić information content (AvgIpc) is 2.71. The number of aromatic nitrogens is 2. The SMILES string of the molecule is CCN(c1cccc(C)c1)c1ncnc(Nc2ccc3c(c2)OCCO3)c1N. The molecule has 1 aliphatic heterocycles. The molecule has 7 heteroatoms. The van der Waals surface area contributed by atoms with Crippen molar-refractivity contribution in [3.63, 3.8) is 0 Å². The third kappa shape index (κ3) is 3.51. The zero-order chi connectivity index (χ0) is 19.5. The summed E-state index contributed by atoms with van der Waals surface area (Å²) in [5.74, 6) is 2.67. The van der Waals surface area contributed by atoms with E-state index in [1.165, 1.54) is 11.9 Å². The smallest absolute Gasteiger partial charge is 0.163 e. The molecule has 3 aromatic rings. The van der Waals surface area contributed by atoms with E-state index in [0.29, 0.717) is 36.3 Å². The molecule has 0 saturated heterocycles. The summed E-state index contributed by atoms with van der Waals surface area (Å²) in [6.45, 7) is 5.97. The molecule has 0 amide bonds. The van der Waals surface area contributed by atoms with Crippen LogP contribution in [0, 0.1) is 6.92 Å². The number of nitrogens with two attached hydrogens (primary N) is 1. The van der Waals surface area contributed by atoms with Crippen molar-refractivity contribution in [1.82, 2.24) is 9.97 Å². The summed E-state index contributed by atoms with van der Waals surface area (Å²) < 4.78 is 11.2. The first-order valence-corrected chi connectivity index (χ1v) is 9.27. The Hall–Kier alpha value is -3.48. The van der Waals surface area contributed by atoms with Gasteiger partial charge in [-0.25, -0.2) is 9.97 Å². The number of fused-ring (bicyclic) bond motifs is 1. The summed E-state index contributed by atoms with van der Waals surface area (Å²) in [6, 6.07) is 13.9. The lowest BCUT2D eigenvalue weighted by Crippen LogP contribution is -2.20. The van der Waals surface area contributed by atoms with Crippen LogP contribution in [0.2, 0.25) is 0 Å². The van der Waals surface area contributed by atoms with Gasteiger partial charge in [0.2, 0.25) is 0 Å². The molecule has 4 rings (SSSR count). The van der Waals surface area contributed by atoms with E-state index < -0.39 is 0 Å². The van der Waals surface area contributed by atoms with Crippen molar-refractivity contribution in [2.45, 2.75) is 13.8 Å². The van der Waals surface area contributed by atoms with Crippen LogP contribution in [0.15, 0.2) is 48.8 Å². The second-order valence-corrected chi connectivity index (χ2v) is 6.53. The van der Waals surface area contributed by atoms with Crippen molar-refractivity contribution in [3.05, 3.63) is 54.4 Å². The van der Waals surface area contributed by atoms with Crippen molar-refractivity contribution < 1.29 is 9.47 Å². The van der Waals surface area contributed by atoms with Gasteiger partial charge in [0, 0.05) is 24.0 Å². The van der Waals surface area contributed by atoms with Crippen LogP contribution in [0.25, 0.3) is 0 Å². The number of hydrogen-bond acceptors (Lipinski definition) is 7. The Morgan fingerprint density at radius 2 is 1.89 bits per heavy atom. The predicted octanol–water partition coefficient (Wildman–Crippen LogP) is 4.04. The van der Waals surface area contributed by atoms with Gasteiger partial charge in [0.15, 0.2) is 23.1 Å². The summed E-state index contributed by atoms with van der Waals surface area (Å²) in [4.78, 5) is 10.8. The van der Waals surface area contributed by atoms with Gasteiger partial charge < -0.3 is 25.4 Å². The highest BCUT2D eigenvalue weighted by molar-refractivity contribution is 5.81. The maximum Gasteiger partial charge on any atom is 0.163 e. The monoisotopic (exact) mass is 377 g/mol. The standard InChI is InChI=1S/C21H23N5O2/c1-3-26(16-6-4-5-14(2)11-16)21-19(22)20(23-13-24-21)25-15-7-8-17-18(12-15)28-10-9-27-17/h4-8,11-13H,3,9-10,22H2,1-2H3,(H,23,24,25). The number of nitrogen functional groups attached to an aromatic ring is 1. The molecule has 144 valence electrons. The summed E-state index contributed by atoms with van der Waals surface area (Å²) in [6.07, 6.45) is 1.52. The Kier molecular flexibility index (Phi) is 4.89. The highest BCUT2D eigenvalue weighted by atomic mass is 16.6. The first-order chi connectivity index (χ1) is 13.7. The summed E-state index contributed by atoms with van der Waals surface area (Å²) >= 11 is 0. The first kappa shape index (κ1) is 17.9. The van der Waals surface area contributed by atoms with Crippen LogP contribution < -0.4 is 25.4 Å². The second kappa shape index (κ2) is 7.64. The van der Waals surface area contributed by atoms with E-state index >= 15 is 0 Å². The van der Waals surface area contributed by atoms with Gasteiger partial charge in [-0.05, 0) is 43.7 Å². The Bertz CT molecular complexity index is 992. The van der Waals surface area contributed by atoms with Crippen molar-refractivity contribution >= 4 is 28.7 Å². The fraction of sp³-hybridized carbons (Fsp3) is 0.238. The van der Waals surface area contributed by atoms with E-state index in [4.69, 9.17) is 15.2 Å². The molecule has 0 atom stereocenters. The van der Waals surface area contributed by atoms with Gasteiger partial charge in [-0.3, -0.25) is 0 Å². The van der Waals surface area contributed by atoms with Crippen LogP contribution in [-0.2, 0) is 0 Å². The van der Waals surface area contributed by atoms with Gasteiger partial charge in [-0.1, -0.05) is 12.1 Å². The molecule has 3 N–H and O–H groups in total. The Morgan fingerprint density at radius 3 is 2.68 bits per heavy atom. The molecule has 0 unspecified atom stereocenters. The minimum absolute atomic E-state index is 0.487. The van der Waals surface area contributed by atoms with Gasteiger partial charge in [0.25, 0.3) is 0 Å². The lowest BCUT2D eigenvalue weighted by molar-refractivity contribution is 0.171. The molecule has 0 fully saturated rings. The van der Waals surface area contributed by atoms with Gasteiger partial charge in [-0.2, -0.15) is 0 Å². The van der Waals surface area contributed by atoms with E-state index in [1.807, 2.05) is 30.3 Å². The third-order valence-corrected chi connectivity index (χ3v) is 4.55.